The van der Waals surface area contributed by atoms with Crippen LogP contribution in [0.4, 0.5) is 17.1 Å². The van der Waals surface area contributed by atoms with Gasteiger partial charge in [0.25, 0.3) is 21.6 Å². The number of anilines is 2. The zero-order chi connectivity index (χ0) is 54.9. The first-order valence-electron chi connectivity index (χ1n) is 27.1. The van der Waals surface area contributed by atoms with E-state index in [1.807, 2.05) is 79.7 Å². The Bertz CT molecular complexity index is 3040. The van der Waals surface area contributed by atoms with E-state index < -0.39 is 26.5 Å². The van der Waals surface area contributed by atoms with E-state index >= 15 is 0 Å². The standard InChI is InChI=1S/C42H45ClN6O5S2.C19H28N2O/c1-46(2)23-22-35(30-55-37-9-4-3-5-10-37)44-40-21-20-38(28-41(40)49(51)52)56(53,54)45-42(50)32-14-18-36(19-15-32)48-26-24-47(25-27-48)29-33-8-6-7-11-39(33)31-12-16-34(43)17-13-31;1-16-17-8-7-9-19(18(17)10-11-20-16)22-15-6-5-14-21-12-3-2-4-13-21/h3-21,28,35,44H,22-27,29-30H2,1-2H3,(H,45,50);7-9,20H,1-6,10-15H2/t35-;/m1./s1. The number of sulfonamides is 1. The fourth-order valence-electron chi connectivity index (χ4n) is 10.0. The summed E-state index contributed by atoms with van der Waals surface area (Å²) >= 11 is 7.75. The molecule has 1 atom stereocenters. The first-order valence-corrected chi connectivity index (χ1v) is 29.9. The molecule has 6 aromatic carbocycles. The van der Waals surface area contributed by atoms with Crippen LogP contribution in [0.2, 0.25) is 5.02 Å². The molecule has 0 saturated carbocycles. The van der Waals surface area contributed by atoms with Crippen molar-refractivity contribution in [2.24, 2.45) is 0 Å². The smallest absolute Gasteiger partial charge is 0.293 e. The normalized spacial score (nSPS) is 15.3. The Morgan fingerprint density at radius 3 is 2.28 bits per heavy atom. The van der Waals surface area contributed by atoms with Gasteiger partial charge in [0.15, 0.2) is 0 Å². The average Bonchev–Trinajstić information content (AvgIpc) is 3.55. The van der Waals surface area contributed by atoms with E-state index in [1.165, 1.54) is 79.7 Å². The van der Waals surface area contributed by atoms with Crippen LogP contribution in [0.3, 0.4) is 0 Å². The van der Waals surface area contributed by atoms with E-state index in [1.54, 1.807) is 36.0 Å². The van der Waals surface area contributed by atoms with Crippen molar-refractivity contribution in [3.05, 3.63) is 183 Å². The molecule has 412 valence electrons. The summed E-state index contributed by atoms with van der Waals surface area (Å²) in [6.45, 7) is 14.5. The lowest BCUT2D eigenvalue weighted by Crippen LogP contribution is -2.46. The van der Waals surface area contributed by atoms with Crippen LogP contribution < -0.4 is 25.0 Å². The van der Waals surface area contributed by atoms with Gasteiger partial charge in [-0.2, -0.15) is 0 Å². The predicted octanol–water partition coefficient (Wildman–Crippen LogP) is 11.3. The Labute approximate surface area is 470 Å². The minimum atomic E-state index is -4.43. The maximum atomic E-state index is 13.4. The van der Waals surface area contributed by atoms with Crippen LogP contribution in [0.15, 0.2) is 156 Å². The Balaban J connectivity index is 0.000000302. The first kappa shape index (κ1) is 57.8. The van der Waals surface area contributed by atoms with Crippen LogP contribution in [0, 0.1) is 10.1 Å². The molecule has 3 N–H and O–H groups in total. The highest BCUT2D eigenvalue weighted by Crippen LogP contribution is 2.32. The van der Waals surface area contributed by atoms with Crippen LogP contribution >= 0.6 is 23.4 Å². The molecule has 78 heavy (non-hydrogen) atoms. The number of piperidine rings is 1. The minimum absolute atomic E-state index is 0.140. The number of nitrogens with zero attached hydrogens (tertiary/aromatic N) is 5. The SMILES string of the molecule is C=C1NCCc2c(OCCCCN3CCCCC3)cccc21.CN(C)CC[C@H](CSc1ccccc1)Nc1ccc(S(=O)(=O)NC(=O)c2ccc(N3CCN(Cc4ccccc4-c4ccc(Cl)cc4)CC3)cc2)cc1[N+](=O)[O-]. The van der Waals surface area contributed by atoms with Crippen LogP contribution in [0.25, 0.3) is 16.8 Å². The number of carbonyl (C=O) groups excluding carboxylic acids is 1. The van der Waals surface area contributed by atoms with Crippen LogP contribution in [-0.2, 0) is 23.0 Å². The highest BCUT2D eigenvalue weighted by Gasteiger charge is 2.26. The monoisotopic (exact) mass is 1110 g/mol. The van der Waals surface area contributed by atoms with Gasteiger partial charge in [-0.15, -0.1) is 11.8 Å². The highest BCUT2D eigenvalue weighted by atomic mass is 35.5. The molecule has 14 nitrogen and oxygen atoms in total. The molecule has 0 aromatic heterocycles. The number of amides is 1. The summed E-state index contributed by atoms with van der Waals surface area (Å²) in [5, 5.41) is 19.5. The molecule has 0 aliphatic carbocycles. The van der Waals surface area contributed by atoms with E-state index in [0.29, 0.717) is 17.2 Å². The number of carbonyl (C=O) groups is 1. The molecule has 1 amide bonds. The Kier molecular flexibility index (Phi) is 21.1. The Hall–Kier alpha value is -6.40. The number of nitrogens with one attached hydrogen (secondary N) is 3. The number of fused-ring (bicyclic) bond motifs is 1. The van der Waals surface area contributed by atoms with Crippen LogP contribution in [0.5, 0.6) is 5.75 Å². The van der Waals surface area contributed by atoms with Gasteiger partial charge in [-0.25, -0.2) is 13.1 Å². The quantitative estimate of drug-likeness (QED) is 0.0256. The largest absolute Gasteiger partial charge is 0.493 e. The maximum absolute atomic E-state index is 13.4. The topological polar surface area (TPSA) is 153 Å². The van der Waals surface area contributed by atoms with E-state index in [4.69, 9.17) is 16.3 Å². The molecule has 17 heteroatoms. The molecule has 3 aliphatic rings. The zero-order valence-corrected chi connectivity index (χ0v) is 47.3. The van der Waals surface area contributed by atoms with Crippen molar-refractivity contribution in [2.75, 3.05) is 95.6 Å². The molecule has 0 unspecified atom stereocenters. The van der Waals surface area contributed by atoms with Crippen molar-refractivity contribution in [3.8, 4) is 16.9 Å². The van der Waals surface area contributed by atoms with Gasteiger partial charge in [0.2, 0.25) is 0 Å². The van der Waals surface area contributed by atoms with Gasteiger partial charge in [0.05, 0.1) is 16.4 Å². The molecule has 2 saturated heterocycles. The molecular weight excluding hydrogens is 1040 g/mol. The molecule has 6 aromatic rings. The predicted molar refractivity (Wildman–Crippen MR) is 319 cm³/mol. The van der Waals surface area contributed by atoms with Gasteiger partial charge in [0.1, 0.15) is 11.4 Å². The number of likely N-dealkylation sites (tertiary alicyclic amines) is 1. The van der Waals surface area contributed by atoms with Gasteiger partial charge < -0.3 is 30.1 Å². The van der Waals surface area contributed by atoms with Gasteiger partial charge in [-0.3, -0.25) is 19.8 Å². The lowest BCUT2D eigenvalue weighted by molar-refractivity contribution is -0.384. The molecule has 2 fully saturated rings. The Morgan fingerprint density at radius 2 is 1.55 bits per heavy atom. The fourth-order valence-corrected chi connectivity index (χ4v) is 12.1. The molecule has 0 bridgehead atoms. The minimum Gasteiger partial charge on any atom is -0.493 e. The number of nitro groups is 1. The summed E-state index contributed by atoms with van der Waals surface area (Å²) in [6, 6.07) is 42.8. The molecule has 3 heterocycles. The number of rotatable bonds is 22. The van der Waals surface area contributed by atoms with Gasteiger partial charge in [0, 0.05) is 95.1 Å². The van der Waals surface area contributed by atoms with Crippen molar-refractivity contribution < 1.29 is 22.9 Å². The second kappa shape index (κ2) is 28.5. The maximum Gasteiger partial charge on any atom is 0.293 e. The van der Waals surface area contributed by atoms with Crippen molar-refractivity contribution in [1.82, 2.24) is 24.7 Å². The third kappa shape index (κ3) is 16.6. The first-order chi connectivity index (χ1) is 37.8. The van der Waals surface area contributed by atoms with Crippen molar-refractivity contribution in [3.63, 3.8) is 0 Å². The lowest BCUT2D eigenvalue weighted by atomic mass is 9.98. The molecule has 0 radical (unpaired) electrons. The third-order valence-corrected chi connectivity index (χ3v) is 17.1. The summed E-state index contributed by atoms with van der Waals surface area (Å²) in [6.07, 6.45) is 8.28. The molecular formula is C61H73ClN8O6S2. The number of hydrogen-bond acceptors (Lipinski definition) is 13. The molecule has 3 aliphatic heterocycles. The van der Waals surface area contributed by atoms with E-state index in [2.05, 4.69) is 73.0 Å². The number of halogens is 1. The second-order valence-electron chi connectivity index (χ2n) is 20.3. The number of hydrogen-bond donors (Lipinski definition) is 3. The lowest BCUT2D eigenvalue weighted by Gasteiger charge is -2.36. The van der Waals surface area contributed by atoms with E-state index in [9.17, 15) is 23.3 Å². The van der Waals surface area contributed by atoms with Crippen LogP contribution in [0.1, 0.15) is 65.6 Å². The fraction of sp³-hybridized carbons (Fsp3) is 0.361. The summed E-state index contributed by atoms with van der Waals surface area (Å²) in [4.78, 5) is 34.7. The highest BCUT2D eigenvalue weighted by molar-refractivity contribution is 7.99. The van der Waals surface area contributed by atoms with E-state index in [0.717, 1.165) is 98.9 Å². The summed E-state index contributed by atoms with van der Waals surface area (Å²) in [5.41, 5.74) is 8.01. The second-order valence-corrected chi connectivity index (χ2v) is 23.5. The summed E-state index contributed by atoms with van der Waals surface area (Å²) in [7, 11) is -0.509. The average molecular weight is 1110 g/mol. The molecule has 0 spiro atoms. The van der Waals surface area contributed by atoms with E-state index in [-0.39, 0.29) is 22.2 Å². The van der Waals surface area contributed by atoms with Gasteiger partial charge >= 0.3 is 0 Å². The Morgan fingerprint density at radius 1 is 0.833 bits per heavy atom. The summed E-state index contributed by atoms with van der Waals surface area (Å²) < 4.78 is 34.8. The van der Waals surface area contributed by atoms with Crippen molar-refractivity contribution in [1.29, 1.82) is 0 Å². The number of benzene rings is 6. The molecule has 9 rings (SSSR count). The van der Waals surface area contributed by atoms with Gasteiger partial charge in [-0.1, -0.05) is 91.3 Å². The van der Waals surface area contributed by atoms with Gasteiger partial charge in [-0.05, 0) is 162 Å². The number of unbranched alkanes of at least 4 members (excludes halogenated alkanes) is 1. The zero-order valence-electron chi connectivity index (χ0n) is 44.9. The number of nitro benzene ring substituents is 1. The summed E-state index contributed by atoms with van der Waals surface area (Å²) in [5.74, 6) is 0.867. The number of ether oxygens (including phenoxy) is 1. The van der Waals surface area contributed by atoms with Crippen molar-refractivity contribution >= 4 is 62.1 Å². The van der Waals surface area contributed by atoms with Crippen molar-refractivity contribution in [2.45, 2.75) is 67.3 Å². The van der Waals surface area contributed by atoms with Crippen LogP contribution in [-0.4, -0.2) is 125 Å². The number of thioether (sulfide) groups is 1. The third-order valence-electron chi connectivity index (χ3n) is 14.4. The number of piperazine rings is 1.